The molecule has 0 bridgehead atoms. The molecule has 17 heavy (non-hydrogen) atoms. The molecular formula is C12H13N3O2. The van der Waals surface area contributed by atoms with Gasteiger partial charge in [0.15, 0.2) is 0 Å². The second kappa shape index (κ2) is 4.45. The maximum Gasteiger partial charge on any atom is 0.237 e. The maximum atomic E-state index is 11.2. The molecule has 5 heteroatoms. The minimum atomic E-state index is -0.374. The minimum absolute atomic E-state index is 0.00241. The van der Waals surface area contributed by atoms with Crippen molar-refractivity contribution in [2.75, 3.05) is 0 Å². The number of carbonyl (C=O) groups is 1. The van der Waals surface area contributed by atoms with Gasteiger partial charge in [-0.05, 0) is 32.9 Å². The van der Waals surface area contributed by atoms with Gasteiger partial charge in [0.25, 0.3) is 0 Å². The fourth-order valence-corrected chi connectivity index (χ4v) is 1.36. The summed E-state index contributed by atoms with van der Waals surface area (Å²) in [4.78, 5) is 19.7. The van der Waals surface area contributed by atoms with Gasteiger partial charge in [-0.25, -0.2) is 4.98 Å². The summed E-state index contributed by atoms with van der Waals surface area (Å²) in [6, 6.07) is 5.57. The van der Waals surface area contributed by atoms with Crippen LogP contribution in [0, 0.1) is 6.92 Å². The molecule has 0 N–H and O–H groups in total. The van der Waals surface area contributed by atoms with Gasteiger partial charge in [-0.3, -0.25) is 4.79 Å². The highest BCUT2D eigenvalue weighted by atomic mass is 16.5. The van der Waals surface area contributed by atoms with E-state index in [0.29, 0.717) is 17.4 Å². The van der Waals surface area contributed by atoms with Gasteiger partial charge in [-0.2, -0.15) is 4.98 Å². The predicted octanol–water partition coefficient (Wildman–Crippen LogP) is 2.13. The first-order valence-corrected chi connectivity index (χ1v) is 5.36. The number of ketones is 1. The van der Waals surface area contributed by atoms with Gasteiger partial charge in [-0.15, -0.1) is 0 Å². The summed E-state index contributed by atoms with van der Waals surface area (Å²) in [7, 11) is 0. The third-order valence-electron chi connectivity index (χ3n) is 2.54. The van der Waals surface area contributed by atoms with Crippen LogP contribution in [0.1, 0.15) is 31.4 Å². The molecule has 0 aromatic carbocycles. The van der Waals surface area contributed by atoms with E-state index in [2.05, 4.69) is 15.1 Å². The highest BCUT2D eigenvalue weighted by Crippen LogP contribution is 2.18. The fraction of sp³-hybridized carbons (Fsp3) is 0.333. The number of hydrogen-bond acceptors (Lipinski definition) is 5. The Balaban J connectivity index is 2.33. The largest absolute Gasteiger partial charge is 0.338 e. The van der Waals surface area contributed by atoms with E-state index in [-0.39, 0.29) is 11.7 Å². The summed E-state index contributed by atoms with van der Waals surface area (Å²) in [6.07, 6.45) is 0. The Morgan fingerprint density at radius 1 is 1.35 bits per heavy atom. The lowest BCUT2D eigenvalue weighted by molar-refractivity contribution is -0.118. The summed E-state index contributed by atoms with van der Waals surface area (Å²) in [6.45, 7) is 5.13. The molecule has 0 amide bonds. The molecule has 0 radical (unpaired) electrons. The summed E-state index contributed by atoms with van der Waals surface area (Å²) < 4.78 is 5.06. The van der Waals surface area contributed by atoms with Crippen LogP contribution in [-0.2, 0) is 4.79 Å². The zero-order valence-corrected chi connectivity index (χ0v) is 9.97. The fourth-order valence-electron chi connectivity index (χ4n) is 1.36. The molecule has 5 nitrogen and oxygen atoms in total. The van der Waals surface area contributed by atoms with Gasteiger partial charge in [0.2, 0.25) is 11.7 Å². The Labute approximate surface area is 98.9 Å². The molecule has 0 fully saturated rings. The van der Waals surface area contributed by atoms with E-state index in [0.717, 1.165) is 5.69 Å². The van der Waals surface area contributed by atoms with Crippen LogP contribution in [0.2, 0.25) is 0 Å². The van der Waals surface area contributed by atoms with Crippen molar-refractivity contribution in [1.29, 1.82) is 0 Å². The van der Waals surface area contributed by atoms with Crippen LogP contribution < -0.4 is 0 Å². The molecule has 0 aliphatic rings. The van der Waals surface area contributed by atoms with Crippen molar-refractivity contribution in [3.05, 3.63) is 29.8 Å². The monoisotopic (exact) mass is 231 g/mol. The van der Waals surface area contributed by atoms with Crippen molar-refractivity contribution < 1.29 is 9.32 Å². The van der Waals surface area contributed by atoms with Crippen molar-refractivity contribution in [1.82, 2.24) is 15.1 Å². The lowest BCUT2D eigenvalue weighted by Crippen LogP contribution is -2.04. The Kier molecular flexibility index (Phi) is 2.99. The van der Waals surface area contributed by atoms with E-state index in [4.69, 9.17) is 4.52 Å². The van der Waals surface area contributed by atoms with Crippen LogP contribution in [0.15, 0.2) is 22.7 Å². The molecule has 0 aliphatic carbocycles. The van der Waals surface area contributed by atoms with Gasteiger partial charge in [0.05, 0.1) is 5.92 Å². The molecule has 0 saturated heterocycles. The Bertz CT molecular complexity index is 548. The van der Waals surface area contributed by atoms with Crippen LogP contribution in [-0.4, -0.2) is 20.9 Å². The van der Waals surface area contributed by atoms with Crippen LogP contribution in [0.3, 0.4) is 0 Å². The summed E-state index contributed by atoms with van der Waals surface area (Å²) in [5.74, 6) is 0.367. The van der Waals surface area contributed by atoms with Crippen molar-refractivity contribution in [2.45, 2.75) is 26.7 Å². The first kappa shape index (κ1) is 11.4. The number of aromatic nitrogens is 3. The average molecular weight is 231 g/mol. The smallest absolute Gasteiger partial charge is 0.237 e. The van der Waals surface area contributed by atoms with Gasteiger partial charge < -0.3 is 4.52 Å². The molecule has 0 saturated carbocycles. The van der Waals surface area contributed by atoms with Crippen molar-refractivity contribution in [3.63, 3.8) is 0 Å². The second-order valence-corrected chi connectivity index (χ2v) is 3.95. The minimum Gasteiger partial charge on any atom is -0.338 e. The zero-order valence-electron chi connectivity index (χ0n) is 9.97. The molecule has 1 atom stereocenters. The molecular weight excluding hydrogens is 218 g/mol. The van der Waals surface area contributed by atoms with Crippen LogP contribution in [0.5, 0.6) is 0 Å². The molecule has 88 valence electrons. The van der Waals surface area contributed by atoms with E-state index in [1.54, 1.807) is 13.0 Å². The highest BCUT2D eigenvalue weighted by Gasteiger charge is 2.19. The lowest BCUT2D eigenvalue weighted by Gasteiger charge is -1.98. The van der Waals surface area contributed by atoms with Crippen molar-refractivity contribution >= 4 is 5.78 Å². The highest BCUT2D eigenvalue weighted by molar-refractivity contribution is 5.81. The summed E-state index contributed by atoms with van der Waals surface area (Å²) in [5.41, 5.74) is 1.53. The van der Waals surface area contributed by atoms with Crippen LogP contribution in [0.4, 0.5) is 0 Å². The Hall–Kier alpha value is -2.04. The number of hydrogen-bond donors (Lipinski definition) is 0. The zero-order chi connectivity index (χ0) is 12.4. The van der Waals surface area contributed by atoms with E-state index in [1.165, 1.54) is 6.92 Å². The second-order valence-electron chi connectivity index (χ2n) is 3.95. The number of carbonyl (C=O) groups excluding carboxylic acids is 1. The standard InChI is InChI=1S/C12H13N3O2/c1-7-5-4-6-10(13-7)11-14-12(17-15-11)8(2)9(3)16/h4-6,8H,1-3H3. The topological polar surface area (TPSA) is 68.9 Å². The molecule has 0 aliphatic heterocycles. The van der Waals surface area contributed by atoms with Gasteiger partial charge in [0.1, 0.15) is 11.5 Å². The molecule has 2 aromatic rings. The van der Waals surface area contributed by atoms with Gasteiger partial charge in [0, 0.05) is 5.69 Å². The van der Waals surface area contributed by atoms with Crippen molar-refractivity contribution in [2.24, 2.45) is 0 Å². The maximum absolute atomic E-state index is 11.2. The Morgan fingerprint density at radius 3 is 2.76 bits per heavy atom. The predicted molar refractivity (Wildman–Crippen MR) is 61.4 cm³/mol. The lowest BCUT2D eigenvalue weighted by atomic mass is 10.1. The van der Waals surface area contributed by atoms with E-state index in [9.17, 15) is 4.79 Å². The quantitative estimate of drug-likeness (QED) is 0.809. The Morgan fingerprint density at radius 2 is 2.12 bits per heavy atom. The van der Waals surface area contributed by atoms with Crippen molar-refractivity contribution in [3.8, 4) is 11.5 Å². The first-order valence-electron chi connectivity index (χ1n) is 5.36. The number of rotatable bonds is 3. The van der Waals surface area contributed by atoms with Crippen LogP contribution >= 0.6 is 0 Å². The molecule has 2 aromatic heterocycles. The van der Waals surface area contributed by atoms with Gasteiger partial charge in [-0.1, -0.05) is 11.2 Å². The van der Waals surface area contributed by atoms with E-state index >= 15 is 0 Å². The number of Topliss-reactive ketones (excluding diaryl/α,β-unsaturated/α-hetero) is 1. The number of aryl methyl sites for hydroxylation is 1. The third-order valence-corrected chi connectivity index (χ3v) is 2.54. The van der Waals surface area contributed by atoms with Gasteiger partial charge >= 0.3 is 0 Å². The summed E-state index contributed by atoms with van der Waals surface area (Å²) in [5, 5.41) is 3.83. The number of pyridine rings is 1. The summed E-state index contributed by atoms with van der Waals surface area (Å²) >= 11 is 0. The number of nitrogens with zero attached hydrogens (tertiary/aromatic N) is 3. The molecule has 2 rings (SSSR count). The first-order chi connectivity index (χ1) is 8.08. The van der Waals surface area contributed by atoms with E-state index in [1.807, 2.05) is 19.1 Å². The average Bonchev–Trinajstić information content (AvgIpc) is 2.77. The van der Waals surface area contributed by atoms with Crippen LogP contribution in [0.25, 0.3) is 11.5 Å². The normalized spacial score (nSPS) is 12.4. The molecule has 0 spiro atoms. The molecule has 2 heterocycles. The SMILES string of the molecule is CC(=O)C(C)c1nc(-c2cccc(C)n2)no1. The van der Waals surface area contributed by atoms with E-state index < -0.39 is 0 Å². The molecule has 1 unspecified atom stereocenters. The third kappa shape index (κ3) is 2.38.